The van der Waals surface area contributed by atoms with Crippen molar-refractivity contribution in [1.82, 2.24) is 0 Å². The van der Waals surface area contributed by atoms with Gasteiger partial charge in [0.2, 0.25) is 0 Å². The van der Waals surface area contributed by atoms with Gasteiger partial charge in [-0.1, -0.05) is 19.9 Å². The molecule has 1 nitrogen and oxygen atoms in total. The highest BCUT2D eigenvalue weighted by atomic mass is 16.1. The third-order valence-electron chi connectivity index (χ3n) is 3.40. The number of ketones is 1. The van der Waals surface area contributed by atoms with Crippen molar-refractivity contribution in [3.8, 4) is 0 Å². The molecular weight excluding hydrogens is 136 g/mol. The molecule has 0 aromatic rings. The van der Waals surface area contributed by atoms with E-state index in [9.17, 15) is 4.79 Å². The summed E-state index contributed by atoms with van der Waals surface area (Å²) >= 11 is 0. The molecule has 2 unspecified atom stereocenters. The Morgan fingerprint density at radius 3 is 2.91 bits per heavy atom. The molecule has 0 aromatic carbocycles. The van der Waals surface area contributed by atoms with Gasteiger partial charge in [0.25, 0.3) is 0 Å². The average molecular weight is 150 g/mol. The van der Waals surface area contributed by atoms with Gasteiger partial charge >= 0.3 is 0 Å². The number of rotatable bonds is 0. The van der Waals surface area contributed by atoms with E-state index in [-0.39, 0.29) is 0 Å². The lowest BCUT2D eigenvalue weighted by Crippen LogP contribution is -1.98. The first-order valence-corrected chi connectivity index (χ1v) is 4.32. The van der Waals surface area contributed by atoms with E-state index >= 15 is 0 Å². The van der Waals surface area contributed by atoms with Gasteiger partial charge < -0.3 is 0 Å². The summed E-state index contributed by atoms with van der Waals surface area (Å²) in [6.45, 7) is 4.55. The van der Waals surface area contributed by atoms with Gasteiger partial charge in [-0.05, 0) is 29.7 Å². The molecule has 0 heterocycles. The Morgan fingerprint density at radius 1 is 1.45 bits per heavy atom. The number of fused-ring (bicyclic) bond motifs is 1. The van der Waals surface area contributed by atoms with Gasteiger partial charge in [0.05, 0.1) is 0 Å². The van der Waals surface area contributed by atoms with E-state index in [4.69, 9.17) is 0 Å². The standard InChI is InChI=1S/C10H14O/c1-10(2)8-5-3-4-7(11)6-9(8)10/h3-4,8-9H,5-6H2,1-2H3. The summed E-state index contributed by atoms with van der Waals surface area (Å²) in [5.74, 6) is 1.78. The zero-order chi connectivity index (χ0) is 8.06. The topological polar surface area (TPSA) is 17.1 Å². The maximum absolute atomic E-state index is 11.1. The fourth-order valence-corrected chi connectivity index (χ4v) is 2.36. The summed E-state index contributed by atoms with van der Waals surface area (Å²) in [5, 5.41) is 0. The molecule has 0 aromatic heterocycles. The second-order valence-electron chi connectivity index (χ2n) is 4.34. The van der Waals surface area contributed by atoms with Crippen LogP contribution in [-0.4, -0.2) is 5.78 Å². The van der Waals surface area contributed by atoms with E-state index in [1.165, 1.54) is 0 Å². The minimum Gasteiger partial charge on any atom is -0.295 e. The molecule has 11 heavy (non-hydrogen) atoms. The molecule has 2 aliphatic rings. The highest BCUT2D eigenvalue weighted by molar-refractivity contribution is 5.90. The first-order chi connectivity index (χ1) is 5.12. The van der Waals surface area contributed by atoms with Crippen molar-refractivity contribution in [2.75, 3.05) is 0 Å². The third-order valence-corrected chi connectivity index (χ3v) is 3.40. The molecule has 0 aliphatic heterocycles. The van der Waals surface area contributed by atoms with E-state index < -0.39 is 0 Å². The van der Waals surface area contributed by atoms with Crippen LogP contribution in [0.5, 0.6) is 0 Å². The van der Waals surface area contributed by atoms with E-state index in [1.54, 1.807) is 6.08 Å². The van der Waals surface area contributed by atoms with Gasteiger partial charge in [-0.15, -0.1) is 0 Å². The second-order valence-corrected chi connectivity index (χ2v) is 4.34. The lowest BCUT2D eigenvalue weighted by atomic mass is 10.0. The van der Waals surface area contributed by atoms with Crippen molar-refractivity contribution in [1.29, 1.82) is 0 Å². The van der Waals surface area contributed by atoms with E-state index in [1.807, 2.05) is 6.08 Å². The van der Waals surface area contributed by atoms with Gasteiger partial charge in [-0.2, -0.15) is 0 Å². The average Bonchev–Trinajstić information content (AvgIpc) is 2.48. The van der Waals surface area contributed by atoms with Crippen LogP contribution < -0.4 is 0 Å². The zero-order valence-electron chi connectivity index (χ0n) is 7.13. The largest absolute Gasteiger partial charge is 0.295 e. The molecule has 0 amide bonds. The fraction of sp³-hybridized carbons (Fsp3) is 0.700. The van der Waals surface area contributed by atoms with Crippen LogP contribution in [0.1, 0.15) is 26.7 Å². The molecule has 1 saturated carbocycles. The fourth-order valence-electron chi connectivity index (χ4n) is 2.36. The molecule has 0 saturated heterocycles. The van der Waals surface area contributed by atoms with Crippen LogP contribution in [0, 0.1) is 17.3 Å². The van der Waals surface area contributed by atoms with Gasteiger partial charge in [0, 0.05) is 6.42 Å². The van der Waals surface area contributed by atoms with E-state index in [2.05, 4.69) is 13.8 Å². The molecule has 0 N–H and O–H groups in total. The van der Waals surface area contributed by atoms with Crippen molar-refractivity contribution in [2.24, 2.45) is 17.3 Å². The molecular formula is C10H14O. The first kappa shape index (κ1) is 7.08. The molecule has 1 heteroatoms. The van der Waals surface area contributed by atoms with Gasteiger partial charge in [-0.25, -0.2) is 0 Å². The summed E-state index contributed by atoms with van der Waals surface area (Å²) in [6, 6.07) is 0. The monoisotopic (exact) mass is 150 g/mol. The summed E-state index contributed by atoms with van der Waals surface area (Å²) in [5.41, 5.74) is 0.445. The van der Waals surface area contributed by atoms with Crippen molar-refractivity contribution in [3.05, 3.63) is 12.2 Å². The Hall–Kier alpha value is -0.590. The third kappa shape index (κ3) is 0.943. The van der Waals surface area contributed by atoms with Crippen molar-refractivity contribution in [2.45, 2.75) is 26.7 Å². The summed E-state index contributed by atoms with van der Waals surface area (Å²) in [7, 11) is 0. The lowest BCUT2D eigenvalue weighted by Gasteiger charge is -2.01. The Morgan fingerprint density at radius 2 is 2.18 bits per heavy atom. The SMILES string of the molecule is CC1(C)C2CC=CC(=O)CC21. The Balaban J connectivity index is 2.16. The quantitative estimate of drug-likeness (QED) is 0.517. The van der Waals surface area contributed by atoms with Crippen molar-refractivity contribution < 1.29 is 4.79 Å². The highest BCUT2D eigenvalue weighted by Gasteiger charge is 2.57. The lowest BCUT2D eigenvalue weighted by molar-refractivity contribution is -0.115. The molecule has 0 bridgehead atoms. The molecule has 2 aliphatic carbocycles. The van der Waals surface area contributed by atoms with Gasteiger partial charge in [0.15, 0.2) is 5.78 Å². The minimum absolute atomic E-state index is 0.322. The van der Waals surface area contributed by atoms with Crippen LogP contribution in [0.25, 0.3) is 0 Å². The molecule has 60 valence electrons. The Kier molecular flexibility index (Phi) is 1.26. The summed E-state index contributed by atoms with van der Waals surface area (Å²) < 4.78 is 0. The molecule has 2 rings (SSSR count). The van der Waals surface area contributed by atoms with Crippen LogP contribution in [-0.2, 0) is 4.79 Å². The predicted molar refractivity (Wildman–Crippen MR) is 44.1 cm³/mol. The summed E-state index contributed by atoms with van der Waals surface area (Å²) in [4.78, 5) is 11.1. The number of carbonyl (C=O) groups is 1. The second kappa shape index (κ2) is 1.96. The number of hydrogen-bond donors (Lipinski definition) is 0. The smallest absolute Gasteiger partial charge is 0.155 e. The van der Waals surface area contributed by atoms with Crippen LogP contribution in [0.3, 0.4) is 0 Å². The molecule has 0 radical (unpaired) electrons. The number of allylic oxidation sites excluding steroid dienone is 2. The van der Waals surface area contributed by atoms with Crippen LogP contribution in [0.4, 0.5) is 0 Å². The molecule has 0 spiro atoms. The molecule has 1 fully saturated rings. The van der Waals surface area contributed by atoms with Gasteiger partial charge in [0.1, 0.15) is 0 Å². The minimum atomic E-state index is 0.322. The normalized spacial score (nSPS) is 39.6. The van der Waals surface area contributed by atoms with Crippen LogP contribution in [0.15, 0.2) is 12.2 Å². The van der Waals surface area contributed by atoms with Crippen LogP contribution in [0.2, 0.25) is 0 Å². The van der Waals surface area contributed by atoms with E-state index in [0.717, 1.165) is 18.8 Å². The maximum atomic E-state index is 11.1. The predicted octanol–water partition coefficient (Wildman–Crippen LogP) is 2.18. The summed E-state index contributed by atoms with van der Waals surface area (Å²) in [6.07, 6.45) is 5.70. The van der Waals surface area contributed by atoms with Gasteiger partial charge in [-0.3, -0.25) is 4.79 Å². The van der Waals surface area contributed by atoms with Crippen molar-refractivity contribution in [3.63, 3.8) is 0 Å². The Bertz CT molecular complexity index is 225. The zero-order valence-corrected chi connectivity index (χ0v) is 7.13. The molecule has 2 atom stereocenters. The number of carbonyl (C=O) groups excluding carboxylic acids is 1. The van der Waals surface area contributed by atoms with E-state index in [0.29, 0.717) is 17.1 Å². The first-order valence-electron chi connectivity index (χ1n) is 4.32. The highest BCUT2D eigenvalue weighted by Crippen LogP contribution is 2.62. The number of hydrogen-bond acceptors (Lipinski definition) is 1. The van der Waals surface area contributed by atoms with Crippen LogP contribution >= 0.6 is 0 Å². The Labute approximate surface area is 67.5 Å². The maximum Gasteiger partial charge on any atom is 0.155 e. The van der Waals surface area contributed by atoms with Crippen molar-refractivity contribution >= 4 is 5.78 Å².